The van der Waals surface area contributed by atoms with Gasteiger partial charge < -0.3 is 14.4 Å². The van der Waals surface area contributed by atoms with Crippen LogP contribution in [0.15, 0.2) is 0 Å². The van der Waals surface area contributed by atoms with Crippen LogP contribution < -0.4 is 0 Å². The van der Waals surface area contributed by atoms with Crippen LogP contribution in [0.25, 0.3) is 0 Å². The van der Waals surface area contributed by atoms with Gasteiger partial charge in [-0.25, -0.2) is 4.79 Å². The van der Waals surface area contributed by atoms with E-state index in [1.165, 1.54) is 0 Å². The number of carbonyl (C=O) groups is 2. The lowest BCUT2D eigenvalue weighted by Gasteiger charge is -2.58. The van der Waals surface area contributed by atoms with E-state index in [9.17, 15) is 9.59 Å². The van der Waals surface area contributed by atoms with Gasteiger partial charge in [0.25, 0.3) is 0 Å². The standard InChI is InChI=1S/C12H19NO3/c1-11(2,3)16-10(15)13-7-12(8-13)5-4-9(12)6-14/h6,9H,4-5,7-8H2,1-3H3/t9-/m0/s1. The second-order valence-electron chi connectivity index (χ2n) is 5.98. The molecule has 1 heterocycles. The molecule has 0 aromatic heterocycles. The SMILES string of the molecule is CC(C)(C)OC(=O)N1CC2(CC[C@H]2C=O)C1. The fourth-order valence-corrected chi connectivity index (χ4v) is 2.49. The minimum Gasteiger partial charge on any atom is -0.444 e. The highest BCUT2D eigenvalue weighted by atomic mass is 16.6. The molecule has 2 rings (SSSR count). The van der Waals surface area contributed by atoms with Gasteiger partial charge in [-0.3, -0.25) is 0 Å². The number of likely N-dealkylation sites (tertiary alicyclic amines) is 1. The Labute approximate surface area is 95.9 Å². The van der Waals surface area contributed by atoms with Gasteiger partial charge in [-0.1, -0.05) is 0 Å². The van der Waals surface area contributed by atoms with Crippen molar-refractivity contribution in [1.82, 2.24) is 4.90 Å². The summed E-state index contributed by atoms with van der Waals surface area (Å²) in [4.78, 5) is 24.1. The maximum atomic E-state index is 11.7. The van der Waals surface area contributed by atoms with Crippen molar-refractivity contribution < 1.29 is 14.3 Å². The van der Waals surface area contributed by atoms with E-state index in [4.69, 9.17) is 4.74 Å². The number of nitrogens with zero attached hydrogens (tertiary/aromatic N) is 1. The zero-order valence-corrected chi connectivity index (χ0v) is 10.2. The van der Waals surface area contributed by atoms with E-state index in [2.05, 4.69) is 0 Å². The third-order valence-electron chi connectivity index (χ3n) is 3.57. The lowest BCUT2D eigenvalue weighted by atomic mass is 9.56. The van der Waals surface area contributed by atoms with E-state index >= 15 is 0 Å². The van der Waals surface area contributed by atoms with Crippen LogP contribution in [0.3, 0.4) is 0 Å². The molecular weight excluding hydrogens is 206 g/mol. The van der Waals surface area contributed by atoms with E-state index < -0.39 is 5.60 Å². The summed E-state index contributed by atoms with van der Waals surface area (Å²) in [5.41, 5.74) is -0.345. The maximum Gasteiger partial charge on any atom is 0.410 e. The first kappa shape index (κ1) is 11.4. The van der Waals surface area contributed by atoms with Gasteiger partial charge in [0, 0.05) is 24.4 Å². The fraction of sp³-hybridized carbons (Fsp3) is 0.833. The van der Waals surface area contributed by atoms with Crippen LogP contribution in [0, 0.1) is 11.3 Å². The van der Waals surface area contributed by atoms with Crippen LogP contribution in [0.4, 0.5) is 4.79 Å². The first-order chi connectivity index (χ1) is 7.36. The van der Waals surface area contributed by atoms with Crippen LogP contribution in [-0.2, 0) is 9.53 Å². The van der Waals surface area contributed by atoms with Crippen molar-refractivity contribution in [2.24, 2.45) is 11.3 Å². The average molecular weight is 225 g/mol. The predicted molar refractivity (Wildman–Crippen MR) is 59.0 cm³/mol. The molecular formula is C12H19NO3. The van der Waals surface area contributed by atoms with Gasteiger partial charge in [0.2, 0.25) is 0 Å². The summed E-state index contributed by atoms with van der Waals surface area (Å²) in [6, 6.07) is 0. The molecule has 0 aromatic carbocycles. The summed E-state index contributed by atoms with van der Waals surface area (Å²) < 4.78 is 5.27. The summed E-state index contributed by atoms with van der Waals surface area (Å²) in [6.07, 6.45) is 2.83. The molecule has 0 bridgehead atoms. The molecule has 1 aliphatic heterocycles. The largest absolute Gasteiger partial charge is 0.444 e. The van der Waals surface area contributed by atoms with Crippen LogP contribution in [0.5, 0.6) is 0 Å². The first-order valence-electron chi connectivity index (χ1n) is 5.80. The molecule has 16 heavy (non-hydrogen) atoms. The Balaban J connectivity index is 1.84. The zero-order chi connectivity index (χ0) is 12.0. The average Bonchev–Trinajstić information content (AvgIpc) is 1.96. The number of aldehydes is 1. The quantitative estimate of drug-likeness (QED) is 0.640. The lowest BCUT2D eigenvalue weighted by molar-refractivity contribution is -0.139. The molecule has 2 fully saturated rings. The molecule has 0 radical (unpaired) electrons. The maximum absolute atomic E-state index is 11.7. The van der Waals surface area contributed by atoms with Crippen LogP contribution in [0.1, 0.15) is 33.6 Å². The van der Waals surface area contributed by atoms with Gasteiger partial charge in [-0.05, 0) is 33.6 Å². The van der Waals surface area contributed by atoms with E-state index in [1.807, 2.05) is 20.8 Å². The number of hydrogen-bond donors (Lipinski definition) is 0. The highest BCUT2D eigenvalue weighted by Gasteiger charge is 2.56. The van der Waals surface area contributed by atoms with E-state index in [-0.39, 0.29) is 17.4 Å². The summed E-state index contributed by atoms with van der Waals surface area (Å²) >= 11 is 0. The van der Waals surface area contributed by atoms with E-state index in [1.54, 1.807) is 4.90 Å². The summed E-state index contributed by atoms with van der Waals surface area (Å²) in [6.45, 7) is 6.95. The Morgan fingerprint density at radius 1 is 1.44 bits per heavy atom. The first-order valence-corrected chi connectivity index (χ1v) is 5.80. The van der Waals surface area contributed by atoms with Crippen molar-refractivity contribution in [3.8, 4) is 0 Å². The molecule has 1 aliphatic carbocycles. The van der Waals surface area contributed by atoms with Crippen molar-refractivity contribution in [2.45, 2.75) is 39.2 Å². The predicted octanol–water partition coefficient (Wildman–Crippen LogP) is 1.83. The van der Waals surface area contributed by atoms with Crippen molar-refractivity contribution in [2.75, 3.05) is 13.1 Å². The molecule has 0 unspecified atom stereocenters. The number of carbonyl (C=O) groups excluding carboxylic acids is 2. The van der Waals surface area contributed by atoms with Gasteiger partial charge in [-0.15, -0.1) is 0 Å². The highest BCUT2D eigenvalue weighted by molar-refractivity contribution is 5.70. The van der Waals surface area contributed by atoms with Gasteiger partial charge in [0.1, 0.15) is 11.9 Å². The van der Waals surface area contributed by atoms with Crippen LogP contribution in [-0.4, -0.2) is 36.0 Å². The zero-order valence-electron chi connectivity index (χ0n) is 10.2. The van der Waals surface area contributed by atoms with E-state index in [0.717, 1.165) is 19.1 Å². The van der Waals surface area contributed by atoms with Crippen LogP contribution >= 0.6 is 0 Å². The summed E-state index contributed by atoms with van der Waals surface area (Å²) in [5, 5.41) is 0. The molecule has 1 amide bonds. The number of ether oxygens (including phenoxy) is 1. The molecule has 90 valence electrons. The number of hydrogen-bond acceptors (Lipinski definition) is 3. The Bertz CT molecular complexity index is 313. The Kier molecular flexibility index (Phi) is 2.48. The van der Waals surface area contributed by atoms with Crippen molar-refractivity contribution in [3.05, 3.63) is 0 Å². The van der Waals surface area contributed by atoms with E-state index in [0.29, 0.717) is 13.1 Å². The normalized spacial score (nSPS) is 26.9. The Hall–Kier alpha value is -1.06. The number of amides is 1. The Morgan fingerprint density at radius 3 is 2.44 bits per heavy atom. The molecule has 4 nitrogen and oxygen atoms in total. The smallest absolute Gasteiger partial charge is 0.410 e. The molecule has 1 saturated heterocycles. The van der Waals surface area contributed by atoms with Gasteiger partial charge in [0.15, 0.2) is 0 Å². The van der Waals surface area contributed by atoms with Gasteiger partial charge >= 0.3 is 6.09 Å². The second-order valence-corrected chi connectivity index (χ2v) is 5.98. The molecule has 0 aromatic rings. The molecule has 1 spiro atoms. The second kappa shape index (κ2) is 3.47. The minimum absolute atomic E-state index is 0.0959. The lowest BCUT2D eigenvalue weighted by Crippen LogP contribution is -2.66. The molecule has 1 saturated carbocycles. The molecule has 1 atom stereocenters. The molecule has 2 aliphatic rings. The number of rotatable bonds is 1. The topological polar surface area (TPSA) is 46.6 Å². The van der Waals surface area contributed by atoms with Gasteiger partial charge in [0.05, 0.1) is 0 Å². The van der Waals surface area contributed by atoms with Crippen molar-refractivity contribution in [3.63, 3.8) is 0 Å². The third-order valence-corrected chi connectivity index (χ3v) is 3.57. The molecule has 4 heteroatoms. The monoisotopic (exact) mass is 225 g/mol. The third kappa shape index (κ3) is 1.81. The highest BCUT2D eigenvalue weighted by Crippen LogP contribution is 2.52. The molecule has 0 N–H and O–H groups in total. The van der Waals surface area contributed by atoms with Crippen molar-refractivity contribution >= 4 is 12.4 Å². The van der Waals surface area contributed by atoms with Crippen molar-refractivity contribution in [1.29, 1.82) is 0 Å². The van der Waals surface area contributed by atoms with Crippen LogP contribution in [0.2, 0.25) is 0 Å². The summed E-state index contributed by atoms with van der Waals surface area (Å²) in [5.74, 6) is 0.159. The minimum atomic E-state index is -0.441. The fourth-order valence-electron chi connectivity index (χ4n) is 2.49. The summed E-state index contributed by atoms with van der Waals surface area (Å²) in [7, 11) is 0. The Morgan fingerprint density at radius 2 is 2.06 bits per heavy atom. The van der Waals surface area contributed by atoms with Gasteiger partial charge in [-0.2, -0.15) is 0 Å².